The fraction of sp³-hybridized carbons (Fsp3) is 0.630. The summed E-state index contributed by atoms with van der Waals surface area (Å²) in [5, 5.41) is 68.7. The number of carboxylic acid groups (broad SMARTS) is 2. The van der Waals surface area contributed by atoms with Gasteiger partial charge in [-0.2, -0.15) is 0 Å². The fourth-order valence-electron chi connectivity index (χ4n) is 6.95. The van der Waals surface area contributed by atoms with Crippen molar-refractivity contribution in [1.29, 1.82) is 0 Å². The Kier molecular flexibility index (Phi) is 27.1. The average Bonchev–Trinajstić information content (AvgIpc) is 3.28. The second-order valence-electron chi connectivity index (χ2n) is 18.5. The molecule has 26 nitrogen and oxygen atoms in total. The summed E-state index contributed by atoms with van der Waals surface area (Å²) in [6.45, 7) is 11.2. The van der Waals surface area contributed by atoms with Gasteiger partial charge >= 0.3 is 11.9 Å². The topological polar surface area (TPSA) is 437 Å². The molecule has 404 valence electrons. The molecule has 72 heavy (non-hydrogen) atoms. The first-order valence-electron chi connectivity index (χ1n) is 23.4. The number of nitrogens with two attached hydrogens (primary N) is 2. The first-order chi connectivity index (χ1) is 33.5. The third-order valence-corrected chi connectivity index (χ3v) is 11.1. The van der Waals surface area contributed by atoms with Gasteiger partial charge in [0.1, 0.15) is 48.3 Å². The summed E-state index contributed by atoms with van der Waals surface area (Å²) in [5.74, 6) is -13.6. The smallest absolute Gasteiger partial charge is 0.326 e. The molecule has 0 unspecified atom stereocenters. The van der Waals surface area contributed by atoms with E-state index < -0.39 is 157 Å². The number of nitrogens with one attached hydrogen (secondary N) is 8. The Labute approximate surface area is 417 Å². The van der Waals surface area contributed by atoms with E-state index in [1.165, 1.54) is 6.92 Å². The maximum atomic E-state index is 13.9. The van der Waals surface area contributed by atoms with E-state index in [0.29, 0.717) is 5.56 Å². The van der Waals surface area contributed by atoms with E-state index in [0.717, 1.165) is 13.8 Å². The molecule has 9 amide bonds. The highest BCUT2D eigenvalue weighted by Crippen LogP contribution is 2.13. The number of carboxylic acids is 2. The third-order valence-electron chi connectivity index (χ3n) is 11.1. The second-order valence-corrected chi connectivity index (χ2v) is 18.5. The van der Waals surface area contributed by atoms with Gasteiger partial charge in [-0.15, -0.1) is 0 Å². The summed E-state index contributed by atoms with van der Waals surface area (Å²) in [4.78, 5) is 143. The summed E-state index contributed by atoms with van der Waals surface area (Å²) in [7, 11) is 0. The molecule has 1 aromatic rings. The van der Waals surface area contributed by atoms with Crippen LogP contribution in [-0.2, 0) is 59.2 Å². The van der Waals surface area contributed by atoms with Crippen molar-refractivity contribution in [2.45, 2.75) is 160 Å². The molecule has 0 bridgehead atoms. The fourth-order valence-corrected chi connectivity index (χ4v) is 6.95. The van der Waals surface area contributed by atoms with Crippen molar-refractivity contribution >= 4 is 65.1 Å². The van der Waals surface area contributed by atoms with Crippen LogP contribution in [0.15, 0.2) is 30.3 Å². The highest BCUT2D eigenvalue weighted by molar-refractivity contribution is 5.99. The van der Waals surface area contributed by atoms with E-state index in [9.17, 15) is 73.2 Å². The van der Waals surface area contributed by atoms with Gasteiger partial charge in [0, 0.05) is 6.42 Å². The lowest BCUT2D eigenvalue weighted by Crippen LogP contribution is -2.63. The lowest BCUT2D eigenvalue weighted by molar-refractivity contribution is -0.143. The van der Waals surface area contributed by atoms with Crippen LogP contribution in [0.5, 0.6) is 0 Å². The zero-order chi connectivity index (χ0) is 55.2. The molecule has 0 aliphatic rings. The van der Waals surface area contributed by atoms with Crippen LogP contribution in [0.2, 0.25) is 0 Å². The molecule has 0 saturated carbocycles. The molecule has 1 rings (SSSR count). The Hall–Kier alpha value is -6.77. The van der Waals surface area contributed by atoms with Crippen molar-refractivity contribution in [2.24, 2.45) is 29.2 Å². The van der Waals surface area contributed by atoms with Gasteiger partial charge in [-0.3, -0.25) is 47.9 Å². The first-order valence-corrected chi connectivity index (χ1v) is 23.4. The molecule has 0 saturated heterocycles. The monoisotopic (exact) mass is 1020 g/mol. The Morgan fingerprint density at radius 3 is 1.38 bits per heavy atom. The Balaban J connectivity index is 3.39. The van der Waals surface area contributed by atoms with Crippen molar-refractivity contribution < 1.29 is 78.3 Å². The van der Waals surface area contributed by atoms with Crippen molar-refractivity contribution in [1.82, 2.24) is 42.5 Å². The molecule has 26 heteroatoms. The molecule has 0 spiro atoms. The highest BCUT2D eigenvalue weighted by Gasteiger charge is 2.38. The molecule has 0 heterocycles. The van der Waals surface area contributed by atoms with Crippen LogP contribution in [0.3, 0.4) is 0 Å². The Morgan fingerprint density at radius 1 is 0.514 bits per heavy atom. The number of aliphatic carboxylic acids is 2. The van der Waals surface area contributed by atoms with Crippen LogP contribution in [0, 0.1) is 17.8 Å². The minimum Gasteiger partial charge on any atom is -0.481 e. The molecule has 0 aromatic heterocycles. The molecule has 17 N–H and O–H groups in total. The van der Waals surface area contributed by atoms with E-state index in [1.54, 1.807) is 65.0 Å². The van der Waals surface area contributed by atoms with E-state index in [4.69, 9.17) is 16.6 Å². The van der Waals surface area contributed by atoms with Crippen molar-refractivity contribution in [3.8, 4) is 0 Å². The Bertz CT molecular complexity index is 2040. The van der Waals surface area contributed by atoms with Gasteiger partial charge < -0.3 is 79.5 Å². The van der Waals surface area contributed by atoms with Crippen LogP contribution in [-0.4, -0.2) is 164 Å². The number of carbonyl (C=O) groups excluding carboxylic acids is 9. The maximum absolute atomic E-state index is 13.9. The van der Waals surface area contributed by atoms with Crippen LogP contribution in [0.4, 0.5) is 0 Å². The summed E-state index contributed by atoms with van der Waals surface area (Å²) in [6.07, 6.45) is -4.91. The van der Waals surface area contributed by atoms with Gasteiger partial charge in [0.25, 0.3) is 0 Å². The van der Waals surface area contributed by atoms with Gasteiger partial charge in [-0.1, -0.05) is 78.3 Å². The van der Waals surface area contributed by atoms with Crippen LogP contribution >= 0.6 is 0 Å². The zero-order valence-corrected chi connectivity index (χ0v) is 41.8. The maximum Gasteiger partial charge on any atom is 0.326 e. The van der Waals surface area contributed by atoms with Gasteiger partial charge in [-0.05, 0) is 50.0 Å². The number of benzene rings is 1. The van der Waals surface area contributed by atoms with E-state index in [2.05, 4.69) is 42.5 Å². The van der Waals surface area contributed by atoms with Gasteiger partial charge in [0.2, 0.25) is 53.2 Å². The van der Waals surface area contributed by atoms with Crippen LogP contribution < -0.4 is 54.0 Å². The number of carbonyl (C=O) groups is 11. The highest BCUT2D eigenvalue weighted by atomic mass is 16.4. The standard InChI is InChI=1S/C46H74N10O16/c1-9-23(6)35(43(68)51-30(19-33(48)60)39(64)53-32(20-57)42(67)52-31(46(71)72)16-22(4)5)54-45(70)37(25(8)59)56-40(65)28(15-21(2)3)50-44(69)36(24(7)58)55-41(66)29(17-26-13-11-10-12-14-26)49-38(63)27(47)18-34(61)62/h10-14,21-25,27-32,35-37,57-59H,9,15-20,47H2,1-8H3,(H2,48,60)(H,49,63)(H,50,69)(H,51,68)(H,52,67)(H,53,64)(H,54,70)(H,55,66)(H,56,65)(H,61,62)(H,71,72)/t23-,24+,25+,27-,28-,29-,30-,31-,32-,35-,36-,37-/m0/s1. The molecule has 0 radical (unpaired) electrons. The SMILES string of the molecule is CC[C@H](C)[C@H](NC(=O)[C@@H](NC(=O)[C@H](CC(C)C)NC(=O)[C@@H](NC(=O)[C@H](Cc1ccccc1)NC(=O)[C@@H](N)CC(=O)O)[C@@H](C)O)[C@@H](C)O)C(=O)N[C@@H](CC(N)=O)C(=O)N[C@@H](CO)C(=O)N[C@@H](CC(C)C)C(=O)O. The normalized spacial score (nSPS) is 16.2. The average molecular weight is 1020 g/mol. The molecule has 0 fully saturated rings. The molecule has 0 aliphatic carbocycles. The van der Waals surface area contributed by atoms with Crippen molar-refractivity contribution in [2.75, 3.05) is 6.61 Å². The molecule has 1 aromatic carbocycles. The first kappa shape index (κ1) is 63.2. The number of aliphatic hydroxyl groups excluding tert-OH is 3. The number of hydrogen-bond acceptors (Lipinski definition) is 15. The van der Waals surface area contributed by atoms with E-state index >= 15 is 0 Å². The molecular weight excluding hydrogens is 949 g/mol. The quantitative estimate of drug-likeness (QED) is 0.0325. The largest absolute Gasteiger partial charge is 0.481 e. The molecular formula is C46H74N10O16. The van der Waals surface area contributed by atoms with Crippen LogP contribution in [0.25, 0.3) is 0 Å². The van der Waals surface area contributed by atoms with Gasteiger partial charge in [-0.25, -0.2) is 4.79 Å². The summed E-state index contributed by atoms with van der Waals surface area (Å²) >= 11 is 0. The summed E-state index contributed by atoms with van der Waals surface area (Å²) < 4.78 is 0. The molecule has 12 atom stereocenters. The lowest BCUT2D eigenvalue weighted by atomic mass is 9.96. The van der Waals surface area contributed by atoms with E-state index in [1.807, 2.05) is 0 Å². The van der Waals surface area contributed by atoms with Crippen molar-refractivity contribution in [3.05, 3.63) is 35.9 Å². The Morgan fingerprint density at radius 2 is 0.917 bits per heavy atom. The zero-order valence-electron chi connectivity index (χ0n) is 41.8. The van der Waals surface area contributed by atoms with Crippen LogP contribution in [0.1, 0.15) is 93.1 Å². The number of primary amides is 1. The number of hydrogen-bond donors (Lipinski definition) is 15. The van der Waals surface area contributed by atoms with Gasteiger partial charge in [0.05, 0.1) is 37.7 Å². The predicted molar refractivity (Wildman–Crippen MR) is 256 cm³/mol. The lowest BCUT2D eigenvalue weighted by Gasteiger charge is -2.30. The van der Waals surface area contributed by atoms with Crippen molar-refractivity contribution in [3.63, 3.8) is 0 Å². The van der Waals surface area contributed by atoms with E-state index in [-0.39, 0.29) is 37.5 Å². The number of amides is 9. The minimum atomic E-state index is -1.82. The molecule has 0 aliphatic heterocycles. The third kappa shape index (κ3) is 22.1. The number of aliphatic hydroxyl groups is 3. The predicted octanol–water partition coefficient (Wildman–Crippen LogP) is -4.24. The summed E-state index contributed by atoms with van der Waals surface area (Å²) in [6, 6.07) is -6.21. The second kappa shape index (κ2) is 30.9. The minimum absolute atomic E-state index is 0.00904. The van der Waals surface area contributed by atoms with Gasteiger partial charge in [0.15, 0.2) is 0 Å². The summed E-state index contributed by atoms with van der Waals surface area (Å²) in [5.41, 5.74) is 11.6. The number of rotatable bonds is 32.